The minimum absolute atomic E-state index is 0.153. The Morgan fingerprint density at radius 1 is 1.15 bits per heavy atom. The van der Waals surface area contributed by atoms with E-state index in [0.717, 1.165) is 69.5 Å². The van der Waals surface area contributed by atoms with Crippen LogP contribution in [0.1, 0.15) is 25.2 Å². The van der Waals surface area contributed by atoms with Crippen molar-refractivity contribution in [3.05, 3.63) is 35.7 Å². The van der Waals surface area contributed by atoms with Gasteiger partial charge < -0.3 is 14.5 Å². The van der Waals surface area contributed by atoms with Crippen molar-refractivity contribution in [2.75, 3.05) is 46.5 Å². The van der Waals surface area contributed by atoms with E-state index >= 15 is 0 Å². The molecule has 1 N–H and O–H groups in total. The van der Waals surface area contributed by atoms with Gasteiger partial charge in [-0.3, -0.25) is 9.80 Å². The molecule has 0 unspecified atom stereocenters. The lowest BCUT2D eigenvalue weighted by Gasteiger charge is -2.44. The van der Waals surface area contributed by atoms with Crippen molar-refractivity contribution in [2.45, 2.75) is 32.4 Å². The summed E-state index contributed by atoms with van der Waals surface area (Å²) in [7, 11) is 1.69. The Morgan fingerprint density at radius 3 is 2.59 bits per heavy atom. The number of nitrogens with one attached hydrogen (secondary N) is 1. The summed E-state index contributed by atoms with van der Waals surface area (Å²) in [5.74, 6) is 1.82. The summed E-state index contributed by atoms with van der Waals surface area (Å²) in [5, 5.41) is 0. The van der Waals surface area contributed by atoms with Gasteiger partial charge in [-0.15, -0.1) is 0 Å². The van der Waals surface area contributed by atoms with E-state index in [1.165, 1.54) is 11.4 Å². The Morgan fingerprint density at radius 2 is 1.89 bits per heavy atom. The lowest BCUT2D eigenvalue weighted by Crippen LogP contribution is -2.55. The van der Waals surface area contributed by atoms with Gasteiger partial charge in [-0.2, -0.15) is 0 Å². The lowest BCUT2D eigenvalue weighted by atomic mass is 9.99. The summed E-state index contributed by atoms with van der Waals surface area (Å²) in [6, 6.07) is 8.08. The minimum atomic E-state index is 0.153. The first-order chi connectivity index (χ1) is 13.0. The molecular formula is C21H30N4O2. The van der Waals surface area contributed by atoms with Crippen LogP contribution in [0.5, 0.6) is 5.75 Å². The van der Waals surface area contributed by atoms with Gasteiger partial charge in [-0.1, -0.05) is 0 Å². The Kier molecular flexibility index (Phi) is 5.21. The number of aromatic amines is 1. The highest BCUT2D eigenvalue weighted by Gasteiger charge is 2.32. The highest BCUT2D eigenvalue weighted by Crippen LogP contribution is 2.26. The minimum Gasteiger partial charge on any atom is -0.497 e. The number of rotatable bonds is 5. The van der Waals surface area contributed by atoms with Gasteiger partial charge in [0.1, 0.15) is 11.6 Å². The summed E-state index contributed by atoms with van der Waals surface area (Å²) in [6.07, 6.45) is 1.00. The second-order valence-corrected chi connectivity index (χ2v) is 8.11. The molecule has 2 aromatic rings. The van der Waals surface area contributed by atoms with Crippen LogP contribution in [0, 0.1) is 0 Å². The number of nitrogens with zero attached hydrogens (tertiary/aromatic N) is 3. The van der Waals surface area contributed by atoms with Gasteiger partial charge in [0, 0.05) is 50.2 Å². The maximum atomic E-state index is 5.51. The van der Waals surface area contributed by atoms with Crippen molar-refractivity contribution in [2.24, 2.45) is 0 Å². The van der Waals surface area contributed by atoms with Gasteiger partial charge in [0.25, 0.3) is 0 Å². The first-order valence-electron chi connectivity index (χ1n) is 9.82. The summed E-state index contributed by atoms with van der Waals surface area (Å²) < 4.78 is 10.8. The molecule has 0 amide bonds. The number of fused-ring (bicyclic) bond motifs is 1. The maximum Gasteiger partial charge on any atom is 0.137 e. The van der Waals surface area contributed by atoms with Gasteiger partial charge in [-0.25, -0.2) is 4.98 Å². The van der Waals surface area contributed by atoms with E-state index in [4.69, 9.17) is 14.5 Å². The van der Waals surface area contributed by atoms with E-state index < -0.39 is 0 Å². The van der Waals surface area contributed by atoms with E-state index in [1.54, 1.807) is 7.11 Å². The van der Waals surface area contributed by atoms with Crippen molar-refractivity contribution in [1.29, 1.82) is 0 Å². The largest absolute Gasteiger partial charge is 0.497 e. The van der Waals surface area contributed by atoms with Crippen LogP contribution >= 0.6 is 0 Å². The molecule has 0 saturated carbocycles. The Balaban J connectivity index is 1.44. The number of benzene rings is 1. The Labute approximate surface area is 161 Å². The SMILES string of the molecule is COc1ccc(-c2nc3c([nH]2)CN(CC(C)(C)N2CCOCC2)CC3)cc1. The van der Waals surface area contributed by atoms with Gasteiger partial charge in [0.15, 0.2) is 0 Å². The number of aromatic nitrogens is 2. The zero-order valence-corrected chi connectivity index (χ0v) is 16.6. The zero-order chi connectivity index (χ0) is 18.9. The van der Waals surface area contributed by atoms with Crippen molar-refractivity contribution >= 4 is 0 Å². The van der Waals surface area contributed by atoms with Crippen molar-refractivity contribution < 1.29 is 9.47 Å². The van der Waals surface area contributed by atoms with E-state index in [0.29, 0.717) is 0 Å². The summed E-state index contributed by atoms with van der Waals surface area (Å²) in [6.45, 7) is 11.5. The van der Waals surface area contributed by atoms with Crippen LogP contribution in [0.3, 0.4) is 0 Å². The molecule has 2 aliphatic rings. The van der Waals surface area contributed by atoms with Crippen molar-refractivity contribution in [3.63, 3.8) is 0 Å². The molecule has 6 heteroatoms. The molecule has 0 spiro atoms. The molecule has 27 heavy (non-hydrogen) atoms. The molecule has 6 nitrogen and oxygen atoms in total. The lowest BCUT2D eigenvalue weighted by molar-refractivity contribution is -0.0232. The number of morpholine rings is 1. The fraction of sp³-hybridized carbons (Fsp3) is 0.571. The fourth-order valence-corrected chi connectivity index (χ4v) is 4.19. The number of imidazole rings is 1. The zero-order valence-electron chi connectivity index (χ0n) is 16.6. The van der Waals surface area contributed by atoms with Crippen LogP contribution in [0.2, 0.25) is 0 Å². The molecule has 2 aliphatic heterocycles. The van der Waals surface area contributed by atoms with E-state index in [2.05, 4.69) is 40.8 Å². The van der Waals surface area contributed by atoms with Crippen LogP contribution in [0.4, 0.5) is 0 Å². The van der Waals surface area contributed by atoms with Crippen LogP contribution in [0.25, 0.3) is 11.4 Å². The standard InChI is InChI=1S/C21H30N4O2/c1-21(2,25-10-12-27-13-11-25)15-24-9-8-18-19(14-24)23-20(22-18)16-4-6-17(26-3)7-5-16/h4-7H,8-15H2,1-3H3,(H,22,23). The first kappa shape index (κ1) is 18.5. The molecule has 0 aliphatic carbocycles. The second-order valence-electron chi connectivity index (χ2n) is 8.11. The van der Waals surface area contributed by atoms with E-state index in [-0.39, 0.29) is 5.54 Å². The van der Waals surface area contributed by atoms with Crippen molar-refractivity contribution in [1.82, 2.24) is 19.8 Å². The average Bonchev–Trinajstić information content (AvgIpc) is 3.12. The molecular weight excluding hydrogens is 340 g/mol. The molecule has 0 bridgehead atoms. The molecule has 1 aromatic heterocycles. The fourth-order valence-electron chi connectivity index (χ4n) is 4.19. The molecule has 1 fully saturated rings. The summed E-state index contributed by atoms with van der Waals surface area (Å²) in [5.41, 5.74) is 3.72. The number of ether oxygens (including phenoxy) is 2. The Bertz CT molecular complexity index is 763. The quantitative estimate of drug-likeness (QED) is 0.877. The maximum absolute atomic E-state index is 5.51. The van der Waals surface area contributed by atoms with Gasteiger partial charge in [0.05, 0.1) is 31.7 Å². The number of methoxy groups -OCH3 is 1. The van der Waals surface area contributed by atoms with Gasteiger partial charge in [0.2, 0.25) is 0 Å². The van der Waals surface area contributed by atoms with Crippen LogP contribution in [-0.4, -0.2) is 71.8 Å². The van der Waals surface area contributed by atoms with Gasteiger partial charge in [-0.05, 0) is 38.1 Å². The third kappa shape index (κ3) is 4.03. The third-order valence-electron chi connectivity index (χ3n) is 5.75. The number of H-pyrrole nitrogens is 1. The molecule has 0 atom stereocenters. The van der Waals surface area contributed by atoms with Crippen LogP contribution in [-0.2, 0) is 17.7 Å². The molecule has 3 heterocycles. The molecule has 0 radical (unpaired) electrons. The van der Waals surface area contributed by atoms with Crippen LogP contribution < -0.4 is 4.74 Å². The Hall–Kier alpha value is -1.89. The van der Waals surface area contributed by atoms with Gasteiger partial charge >= 0.3 is 0 Å². The second kappa shape index (κ2) is 7.62. The van der Waals surface area contributed by atoms with Crippen molar-refractivity contribution in [3.8, 4) is 17.1 Å². The first-order valence-corrected chi connectivity index (χ1v) is 9.82. The van der Waals surface area contributed by atoms with E-state index in [1.807, 2.05) is 12.1 Å². The molecule has 1 saturated heterocycles. The smallest absolute Gasteiger partial charge is 0.137 e. The summed E-state index contributed by atoms with van der Waals surface area (Å²) in [4.78, 5) is 13.5. The number of hydrogen-bond acceptors (Lipinski definition) is 5. The molecule has 1 aromatic carbocycles. The van der Waals surface area contributed by atoms with E-state index in [9.17, 15) is 0 Å². The average molecular weight is 370 g/mol. The molecule has 146 valence electrons. The highest BCUT2D eigenvalue weighted by atomic mass is 16.5. The predicted molar refractivity (Wildman–Crippen MR) is 106 cm³/mol. The summed E-state index contributed by atoms with van der Waals surface area (Å²) >= 11 is 0. The number of hydrogen-bond donors (Lipinski definition) is 1. The normalized spacial score (nSPS) is 19.1. The topological polar surface area (TPSA) is 53.6 Å². The monoisotopic (exact) mass is 370 g/mol. The predicted octanol–water partition coefficient (Wildman–Crippen LogP) is 2.55. The third-order valence-corrected chi connectivity index (χ3v) is 5.75. The molecule has 4 rings (SSSR count). The highest BCUT2D eigenvalue weighted by molar-refractivity contribution is 5.57. The van der Waals surface area contributed by atoms with Crippen LogP contribution in [0.15, 0.2) is 24.3 Å².